The van der Waals surface area contributed by atoms with Crippen LogP contribution in [0.3, 0.4) is 0 Å². The van der Waals surface area contributed by atoms with E-state index in [-0.39, 0.29) is 23.3 Å². The highest BCUT2D eigenvalue weighted by atomic mass is 127. The number of aliphatic imine (C=N–C) groups is 1. The van der Waals surface area contributed by atoms with Crippen molar-refractivity contribution >= 4 is 40.5 Å². The average Bonchev–Trinajstić information content (AvgIpc) is 3.05. The van der Waals surface area contributed by atoms with Crippen molar-refractivity contribution in [2.45, 2.75) is 33.3 Å². The number of esters is 1. The molecule has 0 fully saturated rings. The first-order valence-electron chi connectivity index (χ1n) is 9.33. The first-order valence-corrected chi connectivity index (χ1v) is 10.4. The summed E-state index contributed by atoms with van der Waals surface area (Å²) in [6.45, 7) is 6.41. The first kappa shape index (κ1) is 21.3. The summed E-state index contributed by atoms with van der Waals surface area (Å²) in [5, 5.41) is 0. The van der Waals surface area contributed by atoms with Crippen molar-refractivity contribution in [1.29, 1.82) is 0 Å². The van der Waals surface area contributed by atoms with E-state index < -0.39 is 11.8 Å². The number of hydrogen-bond donors (Lipinski definition) is 0. The van der Waals surface area contributed by atoms with Crippen LogP contribution in [-0.2, 0) is 9.53 Å². The largest absolute Gasteiger partial charge is 0.490 e. The third-order valence-corrected chi connectivity index (χ3v) is 5.06. The predicted octanol–water partition coefficient (Wildman–Crippen LogP) is 5.35. The molecule has 1 atom stereocenters. The van der Waals surface area contributed by atoms with Gasteiger partial charge < -0.3 is 14.2 Å². The summed E-state index contributed by atoms with van der Waals surface area (Å²) < 4.78 is 31.7. The van der Waals surface area contributed by atoms with Gasteiger partial charge in [-0.1, -0.05) is 19.1 Å². The highest BCUT2D eigenvalue weighted by molar-refractivity contribution is 14.1. The molecule has 1 aliphatic heterocycles. The number of halogens is 2. The maximum atomic E-state index is 14.0. The Labute approximate surface area is 182 Å². The summed E-state index contributed by atoms with van der Waals surface area (Å²) >= 11 is 2.17. The molecule has 1 unspecified atom stereocenters. The SMILES string of the molecule is CCOc1cc(/C=C2\N=C(c3ccccc3F)OC2=O)cc(I)c1OC(C)CC. The maximum Gasteiger partial charge on any atom is 0.363 e. The molecule has 2 aromatic carbocycles. The molecule has 0 saturated heterocycles. The second kappa shape index (κ2) is 9.39. The van der Waals surface area contributed by atoms with Crippen LogP contribution in [0.1, 0.15) is 38.3 Å². The molecule has 7 heteroatoms. The molecule has 1 aliphatic rings. The summed E-state index contributed by atoms with van der Waals surface area (Å²) in [6.07, 6.45) is 2.51. The number of benzene rings is 2. The molecule has 2 aromatic rings. The number of cyclic esters (lactones) is 1. The van der Waals surface area contributed by atoms with Gasteiger partial charge in [0.15, 0.2) is 17.2 Å². The third-order valence-electron chi connectivity index (χ3n) is 4.25. The zero-order chi connectivity index (χ0) is 21.0. The van der Waals surface area contributed by atoms with Crippen molar-refractivity contribution in [3.05, 3.63) is 62.6 Å². The van der Waals surface area contributed by atoms with Gasteiger partial charge in [-0.2, -0.15) is 0 Å². The number of nitrogens with zero attached hydrogens (tertiary/aromatic N) is 1. The van der Waals surface area contributed by atoms with Crippen molar-refractivity contribution in [3.63, 3.8) is 0 Å². The third kappa shape index (κ3) is 4.95. The Hall–Kier alpha value is -2.42. The standard InChI is InChI=1S/C22H21FINO4/c1-4-13(3)28-20-17(24)10-14(12-19(20)27-5-2)11-18-22(26)29-21(25-18)15-8-6-7-9-16(15)23/h6-13H,4-5H2,1-3H3/b18-11-. The van der Waals surface area contributed by atoms with E-state index in [2.05, 4.69) is 27.6 Å². The van der Waals surface area contributed by atoms with E-state index in [0.717, 1.165) is 9.99 Å². The normalized spacial score (nSPS) is 15.8. The van der Waals surface area contributed by atoms with Crippen LogP contribution in [0, 0.1) is 9.39 Å². The molecule has 152 valence electrons. The summed E-state index contributed by atoms with van der Waals surface area (Å²) in [4.78, 5) is 16.4. The van der Waals surface area contributed by atoms with Gasteiger partial charge in [0.1, 0.15) is 5.82 Å². The number of hydrogen-bond acceptors (Lipinski definition) is 5. The maximum absolute atomic E-state index is 14.0. The van der Waals surface area contributed by atoms with Crippen molar-refractivity contribution in [1.82, 2.24) is 0 Å². The van der Waals surface area contributed by atoms with Gasteiger partial charge in [-0.15, -0.1) is 0 Å². The van der Waals surface area contributed by atoms with Crippen LogP contribution in [0.5, 0.6) is 11.5 Å². The number of ether oxygens (including phenoxy) is 3. The van der Waals surface area contributed by atoms with E-state index in [9.17, 15) is 9.18 Å². The molecule has 0 radical (unpaired) electrons. The summed E-state index contributed by atoms with van der Waals surface area (Å²) in [5.74, 6) is 0.0942. The van der Waals surface area contributed by atoms with Gasteiger partial charge in [-0.05, 0) is 78.8 Å². The Morgan fingerprint density at radius 3 is 2.72 bits per heavy atom. The number of carbonyl (C=O) groups is 1. The highest BCUT2D eigenvalue weighted by Crippen LogP contribution is 2.36. The minimum atomic E-state index is -0.629. The van der Waals surface area contributed by atoms with Crippen molar-refractivity contribution in [3.8, 4) is 11.5 Å². The topological polar surface area (TPSA) is 57.1 Å². The van der Waals surface area contributed by atoms with Gasteiger partial charge in [-0.3, -0.25) is 0 Å². The molecule has 0 spiro atoms. The fourth-order valence-corrected chi connectivity index (χ4v) is 3.40. The van der Waals surface area contributed by atoms with Crippen LogP contribution in [-0.4, -0.2) is 24.6 Å². The minimum absolute atomic E-state index is 0.0456. The second-order valence-corrected chi connectivity index (χ2v) is 7.58. The monoisotopic (exact) mass is 509 g/mol. The van der Waals surface area contributed by atoms with Crippen LogP contribution in [0.25, 0.3) is 6.08 Å². The molecule has 3 rings (SSSR count). The van der Waals surface area contributed by atoms with Crippen molar-refractivity contribution in [2.75, 3.05) is 6.61 Å². The van der Waals surface area contributed by atoms with Crippen LogP contribution in [0.15, 0.2) is 47.1 Å². The predicted molar refractivity (Wildman–Crippen MR) is 118 cm³/mol. The fourth-order valence-electron chi connectivity index (χ4n) is 2.65. The molecular weight excluding hydrogens is 488 g/mol. The Morgan fingerprint density at radius 2 is 2.03 bits per heavy atom. The molecule has 29 heavy (non-hydrogen) atoms. The van der Waals surface area contributed by atoms with Crippen molar-refractivity contribution < 1.29 is 23.4 Å². The van der Waals surface area contributed by atoms with Gasteiger partial charge in [0.2, 0.25) is 5.90 Å². The van der Waals surface area contributed by atoms with Crippen LogP contribution < -0.4 is 9.47 Å². The molecule has 5 nitrogen and oxygen atoms in total. The summed E-state index contributed by atoms with van der Waals surface area (Å²) in [6, 6.07) is 9.69. The zero-order valence-electron chi connectivity index (χ0n) is 16.4. The highest BCUT2D eigenvalue weighted by Gasteiger charge is 2.26. The zero-order valence-corrected chi connectivity index (χ0v) is 18.5. The van der Waals surface area contributed by atoms with E-state index >= 15 is 0 Å². The number of rotatable bonds is 7. The van der Waals surface area contributed by atoms with Gasteiger partial charge >= 0.3 is 5.97 Å². The minimum Gasteiger partial charge on any atom is -0.490 e. The molecule has 0 saturated carbocycles. The first-order chi connectivity index (χ1) is 13.9. The van der Waals surface area contributed by atoms with Gasteiger partial charge in [0, 0.05) is 0 Å². The van der Waals surface area contributed by atoms with E-state index in [1.54, 1.807) is 24.3 Å². The summed E-state index contributed by atoms with van der Waals surface area (Å²) in [7, 11) is 0. The van der Waals surface area contributed by atoms with Gasteiger partial charge in [0.05, 0.1) is 21.8 Å². The molecular formula is C22H21FINO4. The Morgan fingerprint density at radius 1 is 1.28 bits per heavy atom. The fraction of sp³-hybridized carbons (Fsp3) is 0.273. The summed E-state index contributed by atoms with van der Waals surface area (Å²) in [5.41, 5.74) is 0.947. The van der Waals surface area contributed by atoms with Crippen LogP contribution in [0.2, 0.25) is 0 Å². The van der Waals surface area contributed by atoms with Gasteiger partial charge in [-0.25, -0.2) is 14.2 Å². The molecule has 0 amide bonds. The van der Waals surface area contributed by atoms with E-state index in [1.165, 1.54) is 12.1 Å². The smallest absolute Gasteiger partial charge is 0.363 e. The molecule has 0 bridgehead atoms. The van der Waals surface area contributed by atoms with Crippen LogP contribution in [0.4, 0.5) is 4.39 Å². The quantitative estimate of drug-likeness (QED) is 0.287. The lowest BCUT2D eigenvalue weighted by atomic mass is 10.1. The molecule has 0 aliphatic carbocycles. The average molecular weight is 509 g/mol. The van der Waals surface area contributed by atoms with Gasteiger partial charge in [0.25, 0.3) is 0 Å². The van der Waals surface area contributed by atoms with E-state index in [4.69, 9.17) is 14.2 Å². The Balaban J connectivity index is 1.97. The Bertz CT molecular complexity index is 987. The van der Waals surface area contributed by atoms with Crippen molar-refractivity contribution in [2.24, 2.45) is 4.99 Å². The lowest BCUT2D eigenvalue weighted by molar-refractivity contribution is -0.129. The lowest BCUT2D eigenvalue weighted by Crippen LogP contribution is -2.12. The Kier molecular flexibility index (Phi) is 6.89. The molecule has 1 heterocycles. The van der Waals surface area contributed by atoms with Crippen LogP contribution >= 0.6 is 22.6 Å². The number of carbonyl (C=O) groups excluding carboxylic acids is 1. The van der Waals surface area contributed by atoms with E-state index in [0.29, 0.717) is 23.7 Å². The molecule has 0 aromatic heterocycles. The second-order valence-electron chi connectivity index (χ2n) is 6.42. The lowest BCUT2D eigenvalue weighted by Gasteiger charge is -2.18. The van der Waals surface area contributed by atoms with E-state index in [1.807, 2.05) is 26.8 Å². The molecule has 0 N–H and O–H groups in total.